The van der Waals surface area contributed by atoms with Crippen molar-refractivity contribution in [1.82, 2.24) is 5.32 Å². The van der Waals surface area contributed by atoms with Crippen LogP contribution in [-0.4, -0.2) is 5.91 Å². The van der Waals surface area contributed by atoms with Gasteiger partial charge in [0.25, 0.3) is 0 Å². The summed E-state index contributed by atoms with van der Waals surface area (Å²) >= 11 is 0. The zero-order chi connectivity index (χ0) is 11.4. The average molecular weight is 215 g/mol. The van der Waals surface area contributed by atoms with E-state index in [4.69, 9.17) is 0 Å². The van der Waals surface area contributed by atoms with Gasteiger partial charge in [0.1, 0.15) is 0 Å². The number of carbonyl (C=O) groups is 1. The van der Waals surface area contributed by atoms with Crippen molar-refractivity contribution in [2.75, 3.05) is 0 Å². The van der Waals surface area contributed by atoms with Gasteiger partial charge >= 0.3 is 0 Å². The van der Waals surface area contributed by atoms with Crippen molar-refractivity contribution >= 4 is 5.91 Å². The summed E-state index contributed by atoms with van der Waals surface area (Å²) in [5.74, 6) is 0.154. The number of benzene rings is 1. The molecule has 1 N–H and O–H groups in total. The third-order valence-electron chi connectivity index (χ3n) is 3.15. The van der Waals surface area contributed by atoms with E-state index in [2.05, 4.69) is 17.5 Å². The molecule has 2 heteroatoms. The lowest BCUT2D eigenvalue weighted by Gasteiger charge is -2.22. The van der Waals surface area contributed by atoms with E-state index in [0.29, 0.717) is 6.54 Å². The van der Waals surface area contributed by atoms with Crippen molar-refractivity contribution in [2.24, 2.45) is 5.41 Å². The Bertz CT molecular complexity index is 386. The summed E-state index contributed by atoms with van der Waals surface area (Å²) in [6, 6.07) is 10.00. The molecule has 1 aliphatic rings. The maximum absolute atomic E-state index is 12.0. The number of allylic oxidation sites excluding steroid dienone is 2. The lowest BCUT2D eigenvalue weighted by atomic mass is 9.87. The minimum atomic E-state index is -0.227. The molecule has 0 heterocycles. The Labute approximate surface area is 96.4 Å². The van der Waals surface area contributed by atoms with Crippen LogP contribution in [0.15, 0.2) is 42.5 Å². The van der Waals surface area contributed by atoms with E-state index in [1.807, 2.05) is 37.3 Å². The van der Waals surface area contributed by atoms with Crippen LogP contribution in [0, 0.1) is 5.41 Å². The predicted molar refractivity (Wildman–Crippen MR) is 64.8 cm³/mol. The second-order valence-electron chi connectivity index (χ2n) is 4.61. The van der Waals surface area contributed by atoms with E-state index < -0.39 is 0 Å². The summed E-state index contributed by atoms with van der Waals surface area (Å²) in [4.78, 5) is 12.0. The molecule has 0 atom stereocenters. The van der Waals surface area contributed by atoms with Crippen LogP contribution < -0.4 is 5.32 Å². The summed E-state index contributed by atoms with van der Waals surface area (Å²) in [5, 5.41) is 3.00. The highest BCUT2D eigenvalue weighted by Crippen LogP contribution is 2.32. The molecule has 0 fully saturated rings. The second kappa shape index (κ2) is 4.52. The van der Waals surface area contributed by atoms with Crippen LogP contribution in [0.2, 0.25) is 0 Å². The fourth-order valence-electron chi connectivity index (χ4n) is 1.95. The molecule has 0 spiro atoms. The van der Waals surface area contributed by atoms with E-state index >= 15 is 0 Å². The molecule has 0 aromatic heterocycles. The summed E-state index contributed by atoms with van der Waals surface area (Å²) in [6.45, 7) is 2.64. The molecule has 84 valence electrons. The normalized spacial score (nSPS) is 17.3. The smallest absolute Gasteiger partial charge is 0.226 e. The lowest BCUT2D eigenvalue weighted by molar-refractivity contribution is -0.129. The number of nitrogens with one attached hydrogen (secondary N) is 1. The molecule has 16 heavy (non-hydrogen) atoms. The fraction of sp³-hybridized carbons (Fsp3) is 0.357. The third-order valence-corrected chi connectivity index (χ3v) is 3.15. The van der Waals surface area contributed by atoms with Crippen LogP contribution >= 0.6 is 0 Å². The first kappa shape index (κ1) is 10.9. The first-order valence-electron chi connectivity index (χ1n) is 5.68. The maximum atomic E-state index is 12.0. The van der Waals surface area contributed by atoms with Crippen LogP contribution in [-0.2, 0) is 11.3 Å². The molecule has 0 unspecified atom stereocenters. The minimum absolute atomic E-state index is 0.154. The van der Waals surface area contributed by atoms with Gasteiger partial charge in [-0.25, -0.2) is 0 Å². The van der Waals surface area contributed by atoms with Crippen LogP contribution in [0.3, 0.4) is 0 Å². The van der Waals surface area contributed by atoms with Crippen LogP contribution in [0.4, 0.5) is 0 Å². The molecular weight excluding hydrogens is 198 g/mol. The van der Waals surface area contributed by atoms with Gasteiger partial charge in [-0.3, -0.25) is 4.79 Å². The summed E-state index contributed by atoms with van der Waals surface area (Å²) in [6.07, 6.45) is 5.88. The van der Waals surface area contributed by atoms with Crippen LogP contribution in [0.25, 0.3) is 0 Å². The van der Waals surface area contributed by atoms with Gasteiger partial charge in [-0.1, -0.05) is 49.4 Å². The molecule has 1 amide bonds. The minimum Gasteiger partial charge on any atom is -0.352 e. The van der Waals surface area contributed by atoms with Crippen LogP contribution in [0.5, 0.6) is 0 Å². The molecule has 0 saturated heterocycles. The van der Waals surface area contributed by atoms with Gasteiger partial charge in [-0.05, 0) is 18.4 Å². The number of hydrogen-bond donors (Lipinski definition) is 1. The standard InChI is InChI=1S/C14H17NO/c1-14(9-5-6-10-14)13(16)15-11-12-7-3-2-4-8-12/h2-8H,9-11H2,1H3,(H,15,16). The molecule has 2 rings (SSSR count). The number of carbonyl (C=O) groups excluding carboxylic acids is 1. The molecule has 2 nitrogen and oxygen atoms in total. The Hall–Kier alpha value is -1.57. The van der Waals surface area contributed by atoms with Gasteiger partial charge in [0.15, 0.2) is 0 Å². The van der Waals surface area contributed by atoms with E-state index in [-0.39, 0.29) is 11.3 Å². The first-order chi connectivity index (χ1) is 7.71. The van der Waals surface area contributed by atoms with Crippen molar-refractivity contribution in [3.8, 4) is 0 Å². The molecule has 0 radical (unpaired) electrons. The van der Waals surface area contributed by atoms with Gasteiger partial charge in [0, 0.05) is 6.54 Å². The zero-order valence-electron chi connectivity index (χ0n) is 9.57. The molecule has 1 aromatic rings. The molecular formula is C14H17NO. The Morgan fingerprint density at radius 1 is 1.25 bits per heavy atom. The molecule has 1 aliphatic carbocycles. The Balaban J connectivity index is 1.89. The highest BCUT2D eigenvalue weighted by Gasteiger charge is 2.33. The van der Waals surface area contributed by atoms with E-state index in [1.165, 1.54) is 0 Å². The van der Waals surface area contributed by atoms with Gasteiger partial charge < -0.3 is 5.32 Å². The SMILES string of the molecule is CC1(C(=O)NCc2ccccc2)CC=CC1. The number of amides is 1. The second-order valence-corrected chi connectivity index (χ2v) is 4.61. The fourth-order valence-corrected chi connectivity index (χ4v) is 1.95. The van der Waals surface area contributed by atoms with Gasteiger partial charge in [0.05, 0.1) is 5.41 Å². The highest BCUT2D eigenvalue weighted by atomic mass is 16.2. The molecule has 0 saturated carbocycles. The maximum Gasteiger partial charge on any atom is 0.226 e. The Morgan fingerprint density at radius 3 is 2.50 bits per heavy atom. The van der Waals surface area contributed by atoms with E-state index in [1.54, 1.807) is 0 Å². The Morgan fingerprint density at radius 2 is 1.88 bits per heavy atom. The quantitative estimate of drug-likeness (QED) is 0.772. The van der Waals surface area contributed by atoms with Crippen molar-refractivity contribution < 1.29 is 4.79 Å². The summed E-state index contributed by atoms with van der Waals surface area (Å²) in [7, 11) is 0. The third kappa shape index (κ3) is 2.32. The van der Waals surface area contributed by atoms with Crippen LogP contribution in [0.1, 0.15) is 25.3 Å². The van der Waals surface area contributed by atoms with Crippen molar-refractivity contribution in [2.45, 2.75) is 26.3 Å². The molecule has 0 bridgehead atoms. The first-order valence-corrected chi connectivity index (χ1v) is 5.68. The predicted octanol–water partition coefficient (Wildman–Crippen LogP) is 2.66. The summed E-state index contributed by atoms with van der Waals surface area (Å²) in [5.41, 5.74) is 0.916. The number of hydrogen-bond acceptors (Lipinski definition) is 1. The van der Waals surface area contributed by atoms with Gasteiger partial charge in [-0.15, -0.1) is 0 Å². The highest BCUT2D eigenvalue weighted by molar-refractivity contribution is 5.83. The average Bonchev–Trinajstić information content (AvgIpc) is 2.76. The van der Waals surface area contributed by atoms with E-state index in [9.17, 15) is 4.79 Å². The monoisotopic (exact) mass is 215 g/mol. The van der Waals surface area contributed by atoms with Crippen molar-refractivity contribution in [3.63, 3.8) is 0 Å². The van der Waals surface area contributed by atoms with Crippen molar-refractivity contribution in [1.29, 1.82) is 0 Å². The van der Waals surface area contributed by atoms with E-state index in [0.717, 1.165) is 18.4 Å². The van der Waals surface area contributed by atoms with Crippen molar-refractivity contribution in [3.05, 3.63) is 48.0 Å². The zero-order valence-corrected chi connectivity index (χ0v) is 9.57. The van der Waals surface area contributed by atoms with Gasteiger partial charge in [0.2, 0.25) is 5.91 Å². The van der Waals surface area contributed by atoms with Gasteiger partial charge in [-0.2, -0.15) is 0 Å². The number of rotatable bonds is 3. The molecule has 0 aliphatic heterocycles. The topological polar surface area (TPSA) is 29.1 Å². The summed E-state index contributed by atoms with van der Waals surface area (Å²) < 4.78 is 0. The molecule has 1 aromatic carbocycles. The largest absolute Gasteiger partial charge is 0.352 e. The Kier molecular flexibility index (Phi) is 3.09. The lowest BCUT2D eigenvalue weighted by Crippen LogP contribution is -2.36.